The summed E-state index contributed by atoms with van der Waals surface area (Å²) in [7, 11) is 0. The van der Waals surface area contributed by atoms with E-state index in [4.69, 9.17) is 4.74 Å². The van der Waals surface area contributed by atoms with Gasteiger partial charge in [-0.25, -0.2) is 0 Å². The number of ketones is 1. The first-order valence-corrected chi connectivity index (χ1v) is 9.56. The number of hydrogen-bond donors (Lipinski definition) is 1. The molecular formula is C19H20N4O3S. The molecule has 1 aromatic heterocycles. The number of aromatic nitrogens is 4. The molecule has 0 amide bonds. The summed E-state index contributed by atoms with van der Waals surface area (Å²) in [5.74, 6) is 1.09. The first kappa shape index (κ1) is 19.1. The van der Waals surface area contributed by atoms with E-state index in [0.717, 1.165) is 5.69 Å². The number of thioether (sulfide) groups is 1. The number of ether oxygens (including phenoxy) is 1. The smallest absolute Gasteiger partial charge is 0.214 e. The van der Waals surface area contributed by atoms with Crippen molar-refractivity contribution >= 4 is 17.5 Å². The van der Waals surface area contributed by atoms with E-state index in [0.29, 0.717) is 28.6 Å². The molecule has 3 rings (SSSR count). The summed E-state index contributed by atoms with van der Waals surface area (Å²) in [6, 6.07) is 16.5. The molecule has 8 heteroatoms. The van der Waals surface area contributed by atoms with E-state index in [-0.39, 0.29) is 12.4 Å². The minimum atomic E-state index is -0.687. The molecule has 0 radical (unpaired) electrons. The second kappa shape index (κ2) is 9.29. The maximum atomic E-state index is 11.6. The molecule has 0 spiro atoms. The summed E-state index contributed by atoms with van der Waals surface area (Å²) in [5.41, 5.74) is 1.52. The zero-order chi connectivity index (χ0) is 19.1. The Balaban J connectivity index is 1.50. The van der Waals surface area contributed by atoms with Crippen LogP contribution >= 0.6 is 11.8 Å². The highest BCUT2D eigenvalue weighted by Gasteiger charge is 2.13. The van der Waals surface area contributed by atoms with Crippen LogP contribution in [-0.4, -0.2) is 49.6 Å². The van der Waals surface area contributed by atoms with Crippen LogP contribution in [0.25, 0.3) is 5.69 Å². The molecule has 1 atom stereocenters. The summed E-state index contributed by atoms with van der Waals surface area (Å²) in [6.45, 7) is 1.97. The maximum Gasteiger partial charge on any atom is 0.214 e. The van der Waals surface area contributed by atoms with Crippen molar-refractivity contribution in [1.82, 2.24) is 20.2 Å². The van der Waals surface area contributed by atoms with Crippen LogP contribution in [0.5, 0.6) is 5.75 Å². The molecule has 1 unspecified atom stereocenters. The molecule has 3 aromatic rings. The molecule has 7 nitrogen and oxygen atoms in total. The molecule has 140 valence electrons. The van der Waals surface area contributed by atoms with Crippen molar-refractivity contribution in [3.05, 3.63) is 60.2 Å². The van der Waals surface area contributed by atoms with E-state index in [1.54, 1.807) is 28.9 Å². The van der Waals surface area contributed by atoms with Crippen LogP contribution in [0, 0.1) is 0 Å². The second-order valence-corrected chi connectivity index (χ2v) is 6.77. The number of carbonyl (C=O) groups excluding carboxylic acids is 1. The van der Waals surface area contributed by atoms with E-state index in [2.05, 4.69) is 15.5 Å². The van der Waals surface area contributed by atoms with E-state index in [9.17, 15) is 9.90 Å². The SMILES string of the molecule is CCC(=O)c1ccc(OCC(O)CSc2nnnn2-c2ccccc2)cc1. The lowest BCUT2D eigenvalue weighted by Gasteiger charge is -2.12. The van der Waals surface area contributed by atoms with Gasteiger partial charge in [-0.1, -0.05) is 36.9 Å². The number of carbonyl (C=O) groups is 1. The Morgan fingerprint density at radius 3 is 2.63 bits per heavy atom. The summed E-state index contributed by atoms with van der Waals surface area (Å²) in [4.78, 5) is 11.6. The van der Waals surface area contributed by atoms with Crippen molar-refractivity contribution in [2.24, 2.45) is 0 Å². The highest BCUT2D eigenvalue weighted by Crippen LogP contribution is 2.19. The third-order valence-electron chi connectivity index (χ3n) is 3.79. The van der Waals surface area contributed by atoms with Gasteiger partial charge in [-0.2, -0.15) is 4.68 Å². The van der Waals surface area contributed by atoms with Gasteiger partial charge in [0.15, 0.2) is 5.78 Å². The van der Waals surface area contributed by atoms with Crippen LogP contribution in [0.4, 0.5) is 0 Å². The first-order chi connectivity index (χ1) is 13.2. The van der Waals surface area contributed by atoms with Crippen LogP contribution in [0.1, 0.15) is 23.7 Å². The molecular weight excluding hydrogens is 364 g/mol. The van der Waals surface area contributed by atoms with Gasteiger partial charge in [0.2, 0.25) is 5.16 Å². The second-order valence-electron chi connectivity index (χ2n) is 5.79. The fraction of sp³-hybridized carbons (Fsp3) is 0.263. The van der Waals surface area contributed by atoms with Gasteiger partial charge in [-0.3, -0.25) is 4.79 Å². The van der Waals surface area contributed by atoms with Gasteiger partial charge in [0.1, 0.15) is 12.4 Å². The van der Waals surface area contributed by atoms with E-state index < -0.39 is 6.10 Å². The normalized spacial score (nSPS) is 11.9. The predicted octanol–water partition coefficient (Wildman–Crippen LogP) is 2.79. The Labute approximate surface area is 161 Å². The number of nitrogens with zero attached hydrogens (tertiary/aromatic N) is 4. The zero-order valence-corrected chi connectivity index (χ0v) is 15.7. The van der Waals surface area contributed by atoms with Crippen molar-refractivity contribution in [1.29, 1.82) is 0 Å². The van der Waals surface area contributed by atoms with Crippen LogP contribution in [0.15, 0.2) is 59.8 Å². The number of benzene rings is 2. The fourth-order valence-electron chi connectivity index (χ4n) is 2.35. The van der Waals surface area contributed by atoms with Gasteiger partial charge >= 0.3 is 0 Å². The van der Waals surface area contributed by atoms with Gasteiger partial charge < -0.3 is 9.84 Å². The average molecular weight is 384 g/mol. The number of aliphatic hydroxyl groups excluding tert-OH is 1. The Hall–Kier alpha value is -2.71. The van der Waals surface area contributed by atoms with Crippen molar-refractivity contribution in [3.8, 4) is 11.4 Å². The summed E-state index contributed by atoms with van der Waals surface area (Å²) < 4.78 is 7.21. The number of para-hydroxylation sites is 1. The lowest BCUT2D eigenvalue weighted by atomic mass is 10.1. The number of hydrogen-bond acceptors (Lipinski definition) is 7. The maximum absolute atomic E-state index is 11.6. The van der Waals surface area contributed by atoms with Gasteiger partial charge in [0.25, 0.3) is 0 Å². The molecule has 1 N–H and O–H groups in total. The molecule has 2 aromatic carbocycles. The Kier molecular flexibility index (Phi) is 6.56. The van der Waals surface area contributed by atoms with Crippen LogP contribution in [0.2, 0.25) is 0 Å². The first-order valence-electron chi connectivity index (χ1n) is 8.58. The van der Waals surface area contributed by atoms with Crippen LogP contribution in [-0.2, 0) is 0 Å². The zero-order valence-electron chi connectivity index (χ0n) is 14.9. The van der Waals surface area contributed by atoms with Gasteiger partial charge in [-0.05, 0) is 46.8 Å². The topological polar surface area (TPSA) is 90.1 Å². The van der Waals surface area contributed by atoms with Crippen molar-refractivity contribution in [3.63, 3.8) is 0 Å². The number of aliphatic hydroxyl groups is 1. The molecule has 1 heterocycles. The highest BCUT2D eigenvalue weighted by molar-refractivity contribution is 7.99. The van der Waals surface area contributed by atoms with Gasteiger partial charge in [0, 0.05) is 17.7 Å². The van der Waals surface area contributed by atoms with Gasteiger partial charge in [-0.15, -0.1) is 5.10 Å². The largest absolute Gasteiger partial charge is 0.491 e. The number of rotatable bonds is 9. The predicted molar refractivity (Wildman–Crippen MR) is 102 cm³/mol. The minimum Gasteiger partial charge on any atom is -0.491 e. The van der Waals surface area contributed by atoms with Crippen LogP contribution < -0.4 is 4.74 Å². The lowest BCUT2D eigenvalue weighted by molar-refractivity contribution is 0.0987. The molecule has 0 aliphatic heterocycles. The Morgan fingerprint density at radius 2 is 1.93 bits per heavy atom. The third-order valence-corrected chi connectivity index (χ3v) is 4.85. The average Bonchev–Trinajstić information content (AvgIpc) is 3.20. The lowest BCUT2D eigenvalue weighted by Crippen LogP contribution is -2.20. The van der Waals surface area contributed by atoms with Crippen molar-refractivity contribution < 1.29 is 14.6 Å². The van der Waals surface area contributed by atoms with Crippen LogP contribution in [0.3, 0.4) is 0 Å². The Morgan fingerprint density at radius 1 is 1.19 bits per heavy atom. The summed E-state index contributed by atoms with van der Waals surface area (Å²) in [5, 5.41) is 22.5. The molecule has 0 saturated carbocycles. The molecule has 0 aliphatic carbocycles. The third kappa shape index (κ3) is 5.15. The standard InChI is InChI=1S/C19H20N4O3S/c1-2-18(25)14-8-10-17(11-9-14)26-12-16(24)13-27-19-20-21-22-23(19)15-6-4-3-5-7-15/h3-11,16,24H,2,12-13H2,1H3. The molecule has 0 aliphatic rings. The van der Waals surface area contributed by atoms with E-state index in [1.165, 1.54) is 11.8 Å². The minimum absolute atomic E-state index is 0.0918. The number of Topliss-reactive ketones (excluding diaryl/α,β-unsaturated/α-hetero) is 1. The van der Waals surface area contributed by atoms with E-state index in [1.807, 2.05) is 37.3 Å². The summed E-state index contributed by atoms with van der Waals surface area (Å²) >= 11 is 1.35. The fourth-order valence-corrected chi connectivity index (χ4v) is 3.15. The molecule has 0 fully saturated rings. The molecule has 27 heavy (non-hydrogen) atoms. The van der Waals surface area contributed by atoms with Crippen molar-refractivity contribution in [2.75, 3.05) is 12.4 Å². The monoisotopic (exact) mass is 384 g/mol. The quantitative estimate of drug-likeness (QED) is 0.448. The summed E-state index contributed by atoms with van der Waals surface area (Å²) in [6.07, 6.45) is -0.216. The van der Waals surface area contributed by atoms with Crippen molar-refractivity contribution in [2.45, 2.75) is 24.6 Å². The molecule has 0 bridgehead atoms. The highest BCUT2D eigenvalue weighted by atomic mass is 32.2. The Bertz CT molecular complexity index is 868. The van der Waals surface area contributed by atoms with Gasteiger partial charge in [0.05, 0.1) is 11.8 Å². The molecule has 0 saturated heterocycles. The number of tetrazole rings is 1. The van der Waals surface area contributed by atoms with E-state index >= 15 is 0 Å².